The molecule has 3 heteroatoms. The summed E-state index contributed by atoms with van der Waals surface area (Å²) in [4.78, 5) is 2.27. The Bertz CT molecular complexity index is 584. The van der Waals surface area contributed by atoms with Crippen LogP contribution in [0.15, 0.2) is 54.6 Å². The second-order valence-corrected chi connectivity index (χ2v) is 5.84. The van der Waals surface area contributed by atoms with Crippen LogP contribution in [0.1, 0.15) is 37.8 Å². The Morgan fingerprint density at radius 2 is 1.70 bits per heavy atom. The van der Waals surface area contributed by atoms with Crippen molar-refractivity contribution in [3.05, 3.63) is 71.5 Å². The third kappa shape index (κ3) is 4.63. The Hall–Kier alpha value is -1.71. The molecule has 1 saturated heterocycles. The molecule has 23 heavy (non-hydrogen) atoms. The first-order chi connectivity index (χ1) is 11.2. The number of β-amino-alcohol motifs (C(OH)–C–C–N with tert-alkyl or cyclic N) is 1. The zero-order valence-corrected chi connectivity index (χ0v) is 14.0. The zero-order valence-electron chi connectivity index (χ0n) is 14.0. The summed E-state index contributed by atoms with van der Waals surface area (Å²) in [6.07, 6.45) is 1.67. The van der Waals surface area contributed by atoms with Crippen molar-refractivity contribution >= 4 is 0 Å². The van der Waals surface area contributed by atoms with E-state index in [0.717, 1.165) is 31.5 Å². The van der Waals surface area contributed by atoms with Gasteiger partial charge in [0.05, 0.1) is 0 Å². The minimum atomic E-state index is -0.874. The highest BCUT2D eigenvalue weighted by atomic mass is 19.1. The predicted octanol–water partition coefficient (Wildman–Crippen LogP) is 4.34. The van der Waals surface area contributed by atoms with Crippen molar-refractivity contribution in [3.8, 4) is 0 Å². The minimum absolute atomic E-state index is 0.265. The van der Waals surface area contributed by atoms with Gasteiger partial charge in [0, 0.05) is 13.1 Å². The maximum absolute atomic E-state index is 13.1. The summed E-state index contributed by atoms with van der Waals surface area (Å²) in [5.41, 5.74) is 1.18. The molecule has 124 valence electrons. The number of hydrogen-bond acceptors (Lipinski definition) is 2. The maximum Gasteiger partial charge on any atom is 0.123 e. The van der Waals surface area contributed by atoms with E-state index in [4.69, 9.17) is 0 Å². The van der Waals surface area contributed by atoms with Crippen LogP contribution in [0.25, 0.3) is 0 Å². The fourth-order valence-corrected chi connectivity index (χ4v) is 3.10. The molecule has 2 aromatic rings. The molecule has 1 unspecified atom stereocenters. The number of likely N-dealkylation sites (tertiary alicyclic amines) is 1. The topological polar surface area (TPSA) is 23.5 Å². The van der Waals surface area contributed by atoms with E-state index in [9.17, 15) is 9.50 Å². The molecular formula is C20H26FNO. The summed E-state index contributed by atoms with van der Waals surface area (Å²) in [6, 6.07) is 16.5. The Labute approximate surface area is 138 Å². The highest BCUT2D eigenvalue weighted by Crippen LogP contribution is 2.32. The molecule has 2 aromatic carbocycles. The molecule has 0 aliphatic carbocycles. The number of aliphatic hydroxyl groups is 1. The van der Waals surface area contributed by atoms with Gasteiger partial charge in [0.25, 0.3) is 0 Å². The standard InChI is InChI=1S/C18H20FNO.C2H6/c19-17-9-7-16(8-10-17)18(21)11-4-12-20(14-18)13-15-5-2-1-3-6-15;1-2/h1-3,5-10,21H,4,11-14H2;1-2H3. The fraction of sp³-hybridized carbons (Fsp3) is 0.400. The largest absolute Gasteiger partial charge is 0.384 e. The molecule has 2 nitrogen and oxygen atoms in total. The maximum atomic E-state index is 13.1. The van der Waals surface area contributed by atoms with E-state index in [0.29, 0.717) is 6.54 Å². The highest BCUT2D eigenvalue weighted by Gasteiger charge is 2.34. The van der Waals surface area contributed by atoms with Gasteiger partial charge < -0.3 is 5.11 Å². The molecule has 3 rings (SSSR count). The van der Waals surface area contributed by atoms with Gasteiger partial charge in [0.2, 0.25) is 0 Å². The quantitative estimate of drug-likeness (QED) is 0.911. The monoisotopic (exact) mass is 315 g/mol. The molecule has 1 atom stereocenters. The van der Waals surface area contributed by atoms with Crippen LogP contribution in [0, 0.1) is 5.82 Å². The van der Waals surface area contributed by atoms with Gasteiger partial charge in [0.1, 0.15) is 11.4 Å². The third-order valence-corrected chi connectivity index (χ3v) is 4.18. The van der Waals surface area contributed by atoms with E-state index < -0.39 is 5.60 Å². The lowest BCUT2D eigenvalue weighted by molar-refractivity contribution is -0.0381. The summed E-state index contributed by atoms with van der Waals surface area (Å²) in [5.74, 6) is -0.265. The van der Waals surface area contributed by atoms with E-state index in [-0.39, 0.29) is 5.82 Å². The molecule has 1 aliphatic heterocycles. The molecule has 1 N–H and O–H groups in total. The van der Waals surface area contributed by atoms with Gasteiger partial charge in [-0.05, 0) is 42.6 Å². The predicted molar refractivity (Wildman–Crippen MR) is 92.6 cm³/mol. The number of nitrogens with zero attached hydrogens (tertiary/aromatic N) is 1. The van der Waals surface area contributed by atoms with Gasteiger partial charge in [-0.25, -0.2) is 4.39 Å². The zero-order chi connectivity index (χ0) is 16.7. The molecule has 1 aliphatic rings. The van der Waals surface area contributed by atoms with E-state index in [2.05, 4.69) is 17.0 Å². The van der Waals surface area contributed by atoms with Gasteiger partial charge >= 0.3 is 0 Å². The molecule has 0 spiro atoms. The average molecular weight is 315 g/mol. The highest BCUT2D eigenvalue weighted by molar-refractivity contribution is 5.24. The number of benzene rings is 2. The Morgan fingerprint density at radius 3 is 2.35 bits per heavy atom. The van der Waals surface area contributed by atoms with Crippen LogP contribution >= 0.6 is 0 Å². The molecule has 0 radical (unpaired) electrons. The average Bonchev–Trinajstić information content (AvgIpc) is 2.58. The van der Waals surface area contributed by atoms with E-state index in [1.165, 1.54) is 17.7 Å². The van der Waals surface area contributed by atoms with Crippen LogP contribution in [-0.4, -0.2) is 23.1 Å². The second-order valence-electron chi connectivity index (χ2n) is 5.84. The van der Waals surface area contributed by atoms with Gasteiger partial charge in [0.15, 0.2) is 0 Å². The molecule has 0 aromatic heterocycles. The van der Waals surface area contributed by atoms with Gasteiger partial charge in [-0.3, -0.25) is 4.90 Å². The van der Waals surface area contributed by atoms with Gasteiger partial charge in [-0.1, -0.05) is 56.3 Å². The van der Waals surface area contributed by atoms with Crippen molar-refractivity contribution < 1.29 is 9.50 Å². The molecule has 0 bridgehead atoms. The minimum Gasteiger partial charge on any atom is -0.384 e. The molecule has 0 amide bonds. The first-order valence-electron chi connectivity index (χ1n) is 8.40. The number of rotatable bonds is 3. The summed E-state index contributed by atoms with van der Waals surface area (Å²) in [6.45, 7) is 6.41. The normalized spacial score (nSPS) is 21.4. The fourth-order valence-electron chi connectivity index (χ4n) is 3.10. The van der Waals surface area contributed by atoms with Crippen LogP contribution in [-0.2, 0) is 12.1 Å². The lowest BCUT2D eigenvalue weighted by atomic mass is 9.85. The summed E-state index contributed by atoms with van der Waals surface area (Å²) < 4.78 is 13.1. The summed E-state index contributed by atoms with van der Waals surface area (Å²) in [7, 11) is 0. The Balaban J connectivity index is 0.000000924. The number of piperidine rings is 1. The van der Waals surface area contributed by atoms with E-state index in [1.54, 1.807) is 12.1 Å². The number of hydrogen-bond donors (Lipinski definition) is 1. The van der Waals surface area contributed by atoms with Crippen molar-refractivity contribution in [3.63, 3.8) is 0 Å². The Kier molecular flexibility index (Phi) is 6.31. The van der Waals surface area contributed by atoms with Crippen LogP contribution in [0.4, 0.5) is 4.39 Å². The summed E-state index contributed by atoms with van der Waals surface area (Å²) in [5, 5.41) is 10.9. The lowest BCUT2D eigenvalue weighted by Gasteiger charge is -2.39. The number of halogens is 1. The first kappa shape index (κ1) is 17.6. The van der Waals surface area contributed by atoms with Crippen molar-refractivity contribution in [2.75, 3.05) is 13.1 Å². The SMILES string of the molecule is CC.OC1(c2ccc(F)cc2)CCCN(Cc2ccccc2)C1. The van der Waals surface area contributed by atoms with Crippen molar-refractivity contribution in [2.24, 2.45) is 0 Å². The van der Waals surface area contributed by atoms with Crippen LogP contribution in [0.5, 0.6) is 0 Å². The van der Waals surface area contributed by atoms with E-state index in [1.807, 2.05) is 32.0 Å². The second kappa shape index (κ2) is 8.23. The lowest BCUT2D eigenvalue weighted by Crippen LogP contribution is -2.45. The van der Waals surface area contributed by atoms with Crippen molar-refractivity contribution in [1.29, 1.82) is 0 Å². The van der Waals surface area contributed by atoms with Crippen LogP contribution in [0.3, 0.4) is 0 Å². The van der Waals surface area contributed by atoms with Crippen LogP contribution in [0.2, 0.25) is 0 Å². The molecule has 1 fully saturated rings. The van der Waals surface area contributed by atoms with Crippen molar-refractivity contribution in [2.45, 2.75) is 38.8 Å². The first-order valence-corrected chi connectivity index (χ1v) is 8.40. The van der Waals surface area contributed by atoms with Crippen molar-refractivity contribution in [1.82, 2.24) is 4.90 Å². The molecular weight excluding hydrogens is 289 g/mol. The molecule has 0 saturated carbocycles. The molecule has 1 heterocycles. The summed E-state index contributed by atoms with van der Waals surface area (Å²) >= 11 is 0. The van der Waals surface area contributed by atoms with Gasteiger partial charge in [-0.2, -0.15) is 0 Å². The third-order valence-electron chi connectivity index (χ3n) is 4.18. The Morgan fingerprint density at radius 1 is 1.04 bits per heavy atom. The van der Waals surface area contributed by atoms with E-state index >= 15 is 0 Å². The smallest absolute Gasteiger partial charge is 0.123 e. The van der Waals surface area contributed by atoms with Crippen LogP contribution < -0.4 is 0 Å². The van der Waals surface area contributed by atoms with Gasteiger partial charge in [-0.15, -0.1) is 0 Å².